The predicted octanol–water partition coefficient (Wildman–Crippen LogP) is 4.23. The first-order chi connectivity index (χ1) is 12.5. The number of carboxylic acid groups (broad SMARTS) is 1. The van der Waals surface area contributed by atoms with Crippen LogP contribution in [0.15, 0.2) is 34.5 Å². The molecule has 0 bridgehead atoms. The minimum atomic E-state index is -0.998. The lowest BCUT2D eigenvalue weighted by molar-refractivity contribution is -0.138. The van der Waals surface area contributed by atoms with Gasteiger partial charge in [-0.1, -0.05) is 56.1 Å². The second-order valence-corrected chi connectivity index (χ2v) is 7.43. The number of amides is 1. The van der Waals surface area contributed by atoms with Gasteiger partial charge in [0.25, 0.3) is 0 Å². The molecule has 0 radical (unpaired) electrons. The number of benzene rings is 1. The summed E-state index contributed by atoms with van der Waals surface area (Å²) in [5.41, 5.74) is 2.77. The lowest BCUT2D eigenvalue weighted by Gasteiger charge is -2.16. The highest BCUT2D eigenvalue weighted by molar-refractivity contribution is 8.16. The molecule has 0 aliphatic carbocycles. The van der Waals surface area contributed by atoms with Gasteiger partial charge in [-0.25, -0.2) is 0 Å². The Morgan fingerprint density at radius 3 is 2.35 bits per heavy atom. The van der Waals surface area contributed by atoms with Crippen LogP contribution in [0.25, 0.3) is 0 Å². The van der Waals surface area contributed by atoms with Crippen molar-refractivity contribution in [3.05, 3.63) is 29.8 Å². The number of carbonyl (C=O) groups excluding carboxylic acids is 1. The fourth-order valence-corrected chi connectivity index (χ4v) is 3.75. The van der Waals surface area contributed by atoms with Crippen molar-refractivity contribution in [2.24, 2.45) is 10.2 Å². The predicted molar refractivity (Wildman–Crippen MR) is 107 cm³/mol. The number of rotatable bonds is 8. The fraction of sp³-hybridized carbons (Fsp3) is 0.474. The molecule has 1 fully saturated rings. The van der Waals surface area contributed by atoms with E-state index in [0.717, 1.165) is 37.0 Å². The summed E-state index contributed by atoms with van der Waals surface area (Å²) in [7, 11) is 0. The molecule has 0 spiro atoms. The summed E-state index contributed by atoms with van der Waals surface area (Å²) in [4.78, 5) is 25.3. The smallest absolute Gasteiger partial charge is 0.305 e. The quantitative estimate of drug-likeness (QED) is 0.544. The number of carbonyl (C=O) groups is 2. The molecule has 0 unspecified atom stereocenters. The molecular formula is C19H25N3O3S. The van der Waals surface area contributed by atoms with Crippen molar-refractivity contribution in [3.63, 3.8) is 0 Å². The number of nitrogens with zero attached hydrogens (tertiary/aromatic N) is 3. The Balaban J connectivity index is 2.36. The van der Waals surface area contributed by atoms with Crippen LogP contribution >= 0.6 is 11.8 Å². The molecule has 1 saturated heterocycles. The highest BCUT2D eigenvalue weighted by Crippen LogP contribution is 2.34. The van der Waals surface area contributed by atoms with Crippen molar-refractivity contribution in [3.8, 4) is 0 Å². The lowest BCUT2D eigenvalue weighted by atomic mass is 10.1. The van der Waals surface area contributed by atoms with Gasteiger partial charge < -0.3 is 5.11 Å². The maximum absolute atomic E-state index is 12.7. The van der Waals surface area contributed by atoms with Crippen molar-refractivity contribution in [2.75, 3.05) is 4.90 Å². The van der Waals surface area contributed by atoms with Gasteiger partial charge in [0.1, 0.15) is 5.25 Å². The van der Waals surface area contributed by atoms with E-state index >= 15 is 0 Å². The first-order valence-electron chi connectivity index (χ1n) is 8.88. The van der Waals surface area contributed by atoms with E-state index in [4.69, 9.17) is 5.11 Å². The number of thioether (sulfide) groups is 1. The van der Waals surface area contributed by atoms with Crippen LogP contribution in [0.4, 0.5) is 5.69 Å². The zero-order valence-corrected chi connectivity index (χ0v) is 16.3. The Kier molecular flexibility index (Phi) is 7.38. The molecule has 1 aliphatic rings. The first-order valence-corrected chi connectivity index (χ1v) is 9.76. The van der Waals surface area contributed by atoms with E-state index in [0.29, 0.717) is 10.9 Å². The van der Waals surface area contributed by atoms with Crippen LogP contribution in [-0.4, -0.2) is 33.1 Å². The van der Waals surface area contributed by atoms with Crippen molar-refractivity contribution in [1.82, 2.24) is 0 Å². The van der Waals surface area contributed by atoms with Gasteiger partial charge in [0.05, 0.1) is 12.1 Å². The zero-order valence-electron chi connectivity index (χ0n) is 15.4. The molecule has 140 valence electrons. The topological polar surface area (TPSA) is 82.3 Å². The number of hydrogen-bond acceptors (Lipinski definition) is 5. The minimum Gasteiger partial charge on any atom is -0.481 e. The second-order valence-electron chi connectivity index (χ2n) is 6.26. The summed E-state index contributed by atoms with van der Waals surface area (Å²) in [5, 5.41) is 17.5. The minimum absolute atomic E-state index is 0.231. The van der Waals surface area contributed by atoms with E-state index in [2.05, 4.69) is 24.1 Å². The number of amidine groups is 1. The maximum atomic E-state index is 12.7. The molecule has 1 heterocycles. The van der Waals surface area contributed by atoms with E-state index in [1.54, 1.807) is 0 Å². The van der Waals surface area contributed by atoms with E-state index in [-0.39, 0.29) is 12.3 Å². The molecule has 6 nitrogen and oxygen atoms in total. The summed E-state index contributed by atoms with van der Waals surface area (Å²) >= 11 is 1.17. The SMILES string of the molecule is CCCC(CCC)=N/N=C1/S[C@H](CC(=O)O)C(=O)N1c1ccc(C)cc1. The summed E-state index contributed by atoms with van der Waals surface area (Å²) in [6, 6.07) is 7.51. The Hall–Kier alpha value is -2.15. The number of anilines is 1. The van der Waals surface area contributed by atoms with Gasteiger partial charge in [-0.15, -0.1) is 5.10 Å². The van der Waals surface area contributed by atoms with Gasteiger partial charge in [0.2, 0.25) is 5.91 Å². The standard InChI is InChI=1S/C19H25N3O3S/c1-4-6-14(7-5-2)20-21-19-22(15-10-8-13(3)9-11-15)18(25)16(26-19)12-17(23)24/h8-11,16H,4-7,12H2,1-3H3,(H,23,24)/b21-19+/t16-/m1/s1. The van der Waals surface area contributed by atoms with Crippen LogP contribution in [0.3, 0.4) is 0 Å². The number of carboxylic acids is 1. The number of aryl methyl sites for hydroxylation is 1. The van der Waals surface area contributed by atoms with Gasteiger partial charge in [0, 0.05) is 5.71 Å². The summed E-state index contributed by atoms with van der Waals surface area (Å²) in [6.45, 7) is 6.15. The van der Waals surface area contributed by atoms with Crippen LogP contribution in [0.2, 0.25) is 0 Å². The van der Waals surface area contributed by atoms with Gasteiger partial charge >= 0.3 is 5.97 Å². The molecule has 2 rings (SSSR count). The summed E-state index contributed by atoms with van der Waals surface area (Å²) in [5.74, 6) is -1.26. The average molecular weight is 375 g/mol. The third-order valence-electron chi connectivity index (χ3n) is 3.94. The third kappa shape index (κ3) is 5.17. The Labute approximate surface area is 158 Å². The van der Waals surface area contributed by atoms with Gasteiger partial charge in [0.15, 0.2) is 5.17 Å². The van der Waals surface area contributed by atoms with Crippen molar-refractivity contribution < 1.29 is 14.7 Å². The second kappa shape index (κ2) is 9.52. The first kappa shape index (κ1) is 20.2. The summed E-state index contributed by atoms with van der Waals surface area (Å²) in [6.07, 6.45) is 3.47. The van der Waals surface area contributed by atoms with E-state index in [1.807, 2.05) is 31.2 Å². The highest BCUT2D eigenvalue weighted by Gasteiger charge is 2.40. The molecule has 7 heteroatoms. The Morgan fingerprint density at radius 2 is 1.81 bits per heavy atom. The molecule has 26 heavy (non-hydrogen) atoms. The lowest BCUT2D eigenvalue weighted by Crippen LogP contribution is -2.32. The van der Waals surface area contributed by atoms with Crippen LogP contribution in [0.1, 0.15) is 51.5 Å². The summed E-state index contributed by atoms with van der Waals surface area (Å²) < 4.78 is 0. The molecule has 1 aliphatic heterocycles. The molecule has 1 N–H and O–H groups in total. The van der Waals surface area contributed by atoms with Crippen molar-refractivity contribution >= 4 is 40.2 Å². The van der Waals surface area contributed by atoms with Crippen LogP contribution < -0.4 is 4.90 Å². The average Bonchev–Trinajstić information content (AvgIpc) is 2.89. The third-order valence-corrected chi connectivity index (χ3v) is 5.07. The fourth-order valence-electron chi connectivity index (χ4n) is 2.67. The van der Waals surface area contributed by atoms with E-state index in [1.165, 1.54) is 16.7 Å². The van der Waals surface area contributed by atoms with Crippen LogP contribution in [-0.2, 0) is 9.59 Å². The molecular weight excluding hydrogens is 350 g/mol. The van der Waals surface area contributed by atoms with E-state index in [9.17, 15) is 9.59 Å². The molecule has 0 saturated carbocycles. The van der Waals surface area contributed by atoms with Crippen LogP contribution in [0.5, 0.6) is 0 Å². The molecule has 1 aromatic carbocycles. The number of hydrogen-bond donors (Lipinski definition) is 1. The molecule has 1 atom stereocenters. The Morgan fingerprint density at radius 1 is 1.19 bits per heavy atom. The number of aliphatic carboxylic acids is 1. The molecule has 1 amide bonds. The Bertz CT molecular complexity index is 705. The highest BCUT2D eigenvalue weighted by atomic mass is 32.2. The van der Waals surface area contributed by atoms with Gasteiger partial charge in [-0.2, -0.15) is 5.10 Å². The molecule has 1 aromatic rings. The van der Waals surface area contributed by atoms with Crippen molar-refractivity contribution in [1.29, 1.82) is 0 Å². The van der Waals surface area contributed by atoms with Gasteiger partial charge in [-0.3, -0.25) is 14.5 Å². The zero-order chi connectivity index (χ0) is 19.1. The van der Waals surface area contributed by atoms with Crippen LogP contribution in [0, 0.1) is 6.92 Å². The van der Waals surface area contributed by atoms with E-state index < -0.39 is 11.2 Å². The monoisotopic (exact) mass is 375 g/mol. The van der Waals surface area contributed by atoms with Gasteiger partial charge in [-0.05, 0) is 31.9 Å². The maximum Gasteiger partial charge on any atom is 0.305 e. The normalized spacial score (nSPS) is 18.4. The largest absolute Gasteiger partial charge is 0.481 e. The van der Waals surface area contributed by atoms with Crippen molar-refractivity contribution in [2.45, 2.75) is 58.1 Å². The molecule has 0 aromatic heterocycles.